The third kappa shape index (κ3) is 7.42. The normalized spacial score (nSPS) is 31.2. The van der Waals surface area contributed by atoms with Crippen LogP contribution in [0.2, 0.25) is 0 Å². The summed E-state index contributed by atoms with van der Waals surface area (Å²) in [6, 6.07) is 3.27. The fourth-order valence-corrected chi connectivity index (χ4v) is 7.86. The quantitative estimate of drug-likeness (QED) is 0.216. The van der Waals surface area contributed by atoms with Crippen molar-refractivity contribution in [3.05, 3.63) is 47.5 Å². The summed E-state index contributed by atoms with van der Waals surface area (Å²) in [5.41, 5.74) is 1.13. The highest BCUT2D eigenvalue weighted by atomic mass is 19.1. The number of allylic oxidation sites excluding steroid dienone is 1. The largest absolute Gasteiger partial charge is 0.207 e. The van der Waals surface area contributed by atoms with Gasteiger partial charge in [0.1, 0.15) is 11.6 Å². The number of rotatable bonds is 11. The van der Waals surface area contributed by atoms with Crippen LogP contribution in [0.4, 0.5) is 8.78 Å². The summed E-state index contributed by atoms with van der Waals surface area (Å²) >= 11 is 0. The Kier molecular flexibility index (Phi) is 10.3. The molecular weight excluding hydrogens is 434 g/mol. The van der Waals surface area contributed by atoms with Gasteiger partial charge in [-0.1, -0.05) is 83.6 Å². The molecule has 4 atom stereocenters. The first-order valence-corrected chi connectivity index (χ1v) is 15.2. The molecule has 0 radical (unpaired) electrons. The van der Waals surface area contributed by atoms with Crippen molar-refractivity contribution in [1.82, 2.24) is 0 Å². The van der Waals surface area contributed by atoms with Crippen molar-refractivity contribution in [2.75, 3.05) is 0 Å². The van der Waals surface area contributed by atoms with Gasteiger partial charge in [-0.3, -0.25) is 0 Å². The molecule has 0 aromatic heterocycles. The fourth-order valence-electron chi connectivity index (χ4n) is 7.86. The Morgan fingerprint density at radius 2 is 1.37 bits per heavy atom. The standard InChI is InChI=1S/C33H50F2/c1-3-5-7-8-24-10-12-25(13-11-24)14-15-26-16-17-28-21-29(19-18-27(28)20-26)30-22-32(34)31(9-6-4-2)33(35)23-30/h4,22-29H,2-3,5-21H2,1H3. The number of hydrogen-bond donors (Lipinski definition) is 0. The highest BCUT2D eigenvalue weighted by Gasteiger charge is 2.36. The molecule has 35 heavy (non-hydrogen) atoms. The van der Waals surface area contributed by atoms with Crippen molar-refractivity contribution in [3.8, 4) is 0 Å². The first-order chi connectivity index (χ1) is 17.1. The molecule has 0 aliphatic heterocycles. The van der Waals surface area contributed by atoms with Crippen molar-refractivity contribution in [2.24, 2.45) is 29.6 Å². The molecule has 3 aliphatic rings. The molecule has 4 unspecified atom stereocenters. The molecule has 1 aromatic carbocycles. The topological polar surface area (TPSA) is 0 Å². The molecule has 0 heterocycles. The summed E-state index contributed by atoms with van der Waals surface area (Å²) in [7, 11) is 0. The van der Waals surface area contributed by atoms with Crippen LogP contribution in [0, 0.1) is 41.2 Å². The average molecular weight is 485 g/mol. The van der Waals surface area contributed by atoms with Gasteiger partial charge >= 0.3 is 0 Å². The second kappa shape index (κ2) is 13.4. The Labute approximate surface area is 214 Å². The van der Waals surface area contributed by atoms with Crippen LogP contribution in [-0.4, -0.2) is 0 Å². The molecule has 1 aromatic rings. The second-order valence-electron chi connectivity index (χ2n) is 12.5. The minimum absolute atomic E-state index is 0.229. The molecule has 0 amide bonds. The minimum atomic E-state index is -0.359. The molecule has 3 aliphatic carbocycles. The third-order valence-electron chi connectivity index (χ3n) is 10.1. The molecule has 0 saturated heterocycles. The van der Waals surface area contributed by atoms with Gasteiger partial charge in [0.2, 0.25) is 0 Å². The van der Waals surface area contributed by atoms with Crippen LogP contribution in [0.15, 0.2) is 24.8 Å². The van der Waals surface area contributed by atoms with Crippen LogP contribution in [-0.2, 0) is 6.42 Å². The van der Waals surface area contributed by atoms with Crippen LogP contribution in [0.1, 0.15) is 133 Å². The Bertz CT molecular complexity index is 767. The van der Waals surface area contributed by atoms with E-state index in [1.165, 1.54) is 89.9 Å². The van der Waals surface area contributed by atoms with E-state index < -0.39 is 0 Å². The summed E-state index contributed by atoms with van der Waals surface area (Å²) in [4.78, 5) is 0. The van der Waals surface area contributed by atoms with Crippen LogP contribution >= 0.6 is 0 Å². The highest BCUT2D eigenvalue weighted by molar-refractivity contribution is 5.29. The minimum Gasteiger partial charge on any atom is -0.207 e. The van der Waals surface area contributed by atoms with Crippen LogP contribution in [0.25, 0.3) is 0 Å². The van der Waals surface area contributed by atoms with E-state index in [0.717, 1.165) is 48.0 Å². The van der Waals surface area contributed by atoms with Crippen molar-refractivity contribution in [3.63, 3.8) is 0 Å². The van der Waals surface area contributed by atoms with Gasteiger partial charge < -0.3 is 0 Å². The zero-order chi connectivity index (χ0) is 24.6. The van der Waals surface area contributed by atoms with E-state index >= 15 is 0 Å². The van der Waals surface area contributed by atoms with Crippen molar-refractivity contribution in [1.29, 1.82) is 0 Å². The summed E-state index contributed by atoms with van der Waals surface area (Å²) in [5, 5.41) is 0. The van der Waals surface area contributed by atoms with Gasteiger partial charge in [0, 0.05) is 5.56 Å². The van der Waals surface area contributed by atoms with Crippen LogP contribution < -0.4 is 0 Å². The predicted molar refractivity (Wildman–Crippen MR) is 145 cm³/mol. The van der Waals surface area contributed by atoms with E-state index in [2.05, 4.69) is 13.5 Å². The fraction of sp³-hybridized carbons (Fsp3) is 0.758. The maximum absolute atomic E-state index is 14.6. The Morgan fingerprint density at radius 1 is 0.771 bits per heavy atom. The van der Waals surface area contributed by atoms with E-state index in [1.807, 2.05) is 0 Å². The lowest BCUT2D eigenvalue weighted by Crippen LogP contribution is -2.31. The number of benzene rings is 1. The van der Waals surface area contributed by atoms with Crippen molar-refractivity contribution in [2.45, 2.75) is 128 Å². The zero-order valence-corrected chi connectivity index (χ0v) is 22.4. The lowest BCUT2D eigenvalue weighted by atomic mass is 9.63. The molecule has 0 nitrogen and oxygen atoms in total. The number of halogens is 2. The van der Waals surface area contributed by atoms with Gasteiger partial charge in [0.25, 0.3) is 0 Å². The summed E-state index contributed by atoms with van der Waals surface area (Å²) in [6.07, 6.45) is 24.9. The average Bonchev–Trinajstić information content (AvgIpc) is 2.87. The summed E-state index contributed by atoms with van der Waals surface area (Å²) < 4.78 is 29.3. The van der Waals surface area contributed by atoms with Gasteiger partial charge in [0.05, 0.1) is 0 Å². The van der Waals surface area contributed by atoms with E-state index in [-0.39, 0.29) is 17.2 Å². The van der Waals surface area contributed by atoms with Crippen molar-refractivity contribution >= 4 is 0 Å². The number of hydrogen-bond acceptors (Lipinski definition) is 0. The van der Waals surface area contributed by atoms with Gasteiger partial charge in [-0.05, 0) is 98.1 Å². The zero-order valence-electron chi connectivity index (χ0n) is 22.4. The molecule has 0 spiro atoms. The molecular formula is C33H50F2. The first kappa shape index (κ1) is 26.9. The Balaban J connectivity index is 1.20. The second-order valence-corrected chi connectivity index (χ2v) is 12.5. The van der Waals surface area contributed by atoms with E-state index in [4.69, 9.17) is 0 Å². The summed E-state index contributed by atoms with van der Waals surface area (Å²) in [6.45, 7) is 5.98. The Morgan fingerprint density at radius 3 is 2.06 bits per heavy atom. The Hall–Kier alpha value is -1.18. The molecule has 0 bridgehead atoms. The van der Waals surface area contributed by atoms with Gasteiger partial charge in [0.15, 0.2) is 0 Å². The highest BCUT2D eigenvalue weighted by Crippen LogP contribution is 2.49. The predicted octanol–water partition coefficient (Wildman–Crippen LogP) is 10.6. The molecule has 3 fully saturated rings. The lowest BCUT2D eigenvalue weighted by Gasteiger charge is -2.43. The first-order valence-electron chi connectivity index (χ1n) is 15.2. The van der Waals surface area contributed by atoms with Crippen LogP contribution in [0.3, 0.4) is 0 Å². The lowest BCUT2D eigenvalue weighted by molar-refractivity contribution is 0.108. The van der Waals surface area contributed by atoms with Crippen LogP contribution in [0.5, 0.6) is 0 Å². The maximum atomic E-state index is 14.6. The van der Waals surface area contributed by atoms with E-state index in [0.29, 0.717) is 18.8 Å². The van der Waals surface area contributed by atoms with E-state index in [1.54, 1.807) is 18.2 Å². The molecule has 0 N–H and O–H groups in total. The maximum Gasteiger partial charge on any atom is 0.129 e. The molecule has 196 valence electrons. The monoisotopic (exact) mass is 484 g/mol. The molecule has 2 heteroatoms. The molecule has 4 rings (SSSR count). The van der Waals surface area contributed by atoms with E-state index in [9.17, 15) is 8.78 Å². The SMILES string of the molecule is C=CCCc1c(F)cc(C2CCC3CC(CCC4CCC(CCCCC)CC4)CCC3C2)cc1F. The third-order valence-corrected chi connectivity index (χ3v) is 10.1. The smallest absolute Gasteiger partial charge is 0.129 e. The van der Waals surface area contributed by atoms with Gasteiger partial charge in [-0.25, -0.2) is 8.78 Å². The summed E-state index contributed by atoms with van der Waals surface area (Å²) in [5.74, 6) is 4.16. The number of unbranched alkanes of at least 4 members (excludes halogenated alkanes) is 2. The van der Waals surface area contributed by atoms with Crippen molar-refractivity contribution < 1.29 is 8.78 Å². The van der Waals surface area contributed by atoms with Gasteiger partial charge in [-0.15, -0.1) is 6.58 Å². The number of fused-ring (bicyclic) bond motifs is 1. The van der Waals surface area contributed by atoms with Gasteiger partial charge in [-0.2, -0.15) is 0 Å². The molecule has 3 saturated carbocycles.